The van der Waals surface area contributed by atoms with Crippen LogP contribution in [0.2, 0.25) is 0 Å². The fourth-order valence-electron chi connectivity index (χ4n) is 4.18. The molecule has 0 saturated heterocycles. The molecule has 2 aliphatic rings. The minimum absolute atomic E-state index is 0.0862. The zero-order chi connectivity index (χ0) is 17.8. The lowest BCUT2D eigenvalue weighted by atomic mass is 9.88. The van der Waals surface area contributed by atoms with Gasteiger partial charge in [-0.05, 0) is 54.7 Å². The molecule has 1 aromatic carbocycles. The van der Waals surface area contributed by atoms with Gasteiger partial charge in [-0.3, -0.25) is 9.69 Å². The maximum atomic E-state index is 12.2. The number of nitrogens with one attached hydrogen (secondary N) is 1. The Morgan fingerprint density at radius 3 is 2.54 bits per heavy atom. The first-order valence-corrected chi connectivity index (χ1v) is 10.6. The molecule has 1 aliphatic carbocycles. The van der Waals surface area contributed by atoms with Crippen molar-refractivity contribution in [1.82, 2.24) is 10.2 Å². The summed E-state index contributed by atoms with van der Waals surface area (Å²) in [4.78, 5) is 14.8. The van der Waals surface area contributed by atoms with Crippen LogP contribution in [-0.2, 0) is 0 Å². The Balaban J connectivity index is 1.26. The average Bonchev–Trinajstić information content (AvgIpc) is 3.25. The highest BCUT2D eigenvalue weighted by molar-refractivity contribution is 7.08. The molecule has 0 bridgehead atoms. The summed E-state index contributed by atoms with van der Waals surface area (Å²) in [6, 6.07) is 13.6. The van der Waals surface area contributed by atoms with Gasteiger partial charge in [0.05, 0.1) is 0 Å². The molecule has 0 atom stereocenters. The lowest BCUT2D eigenvalue weighted by Crippen LogP contribution is -2.45. The highest BCUT2D eigenvalue weighted by Gasteiger charge is 2.27. The lowest BCUT2D eigenvalue weighted by Gasteiger charge is -2.38. The topological polar surface area (TPSA) is 32.3 Å². The van der Waals surface area contributed by atoms with Crippen LogP contribution in [-0.4, -0.2) is 36.0 Å². The van der Waals surface area contributed by atoms with Crippen molar-refractivity contribution in [2.24, 2.45) is 0 Å². The number of carbonyl (C=O) groups is 1. The van der Waals surface area contributed by atoms with E-state index in [1.54, 1.807) is 11.3 Å². The number of carbonyl (C=O) groups excluding carboxylic acids is 1. The third-order valence-corrected chi connectivity index (χ3v) is 6.40. The third kappa shape index (κ3) is 4.08. The van der Waals surface area contributed by atoms with Crippen molar-refractivity contribution in [3.05, 3.63) is 64.4 Å². The quantitative estimate of drug-likeness (QED) is 0.859. The summed E-state index contributed by atoms with van der Waals surface area (Å²) in [6.07, 6.45) is 8.09. The van der Waals surface area contributed by atoms with E-state index in [-0.39, 0.29) is 5.91 Å². The highest BCUT2D eigenvalue weighted by Crippen LogP contribution is 2.28. The zero-order valence-electron chi connectivity index (χ0n) is 15.1. The fourth-order valence-corrected chi connectivity index (χ4v) is 4.81. The Morgan fingerprint density at radius 2 is 1.88 bits per heavy atom. The summed E-state index contributed by atoms with van der Waals surface area (Å²) < 4.78 is 0. The van der Waals surface area contributed by atoms with Crippen LogP contribution in [0, 0.1) is 0 Å². The minimum Gasteiger partial charge on any atom is -0.349 e. The van der Waals surface area contributed by atoms with Crippen LogP contribution in [0.15, 0.2) is 53.2 Å². The van der Waals surface area contributed by atoms with Crippen LogP contribution >= 0.6 is 11.3 Å². The summed E-state index contributed by atoms with van der Waals surface area (Å²) in [5.74, 6) is 0.0862. The highest BCUT2D eigenvalue weighted by atomic mass is 32.1. The van der Waals surface area contributed by atoms with E-state index in [0.717, 1.165) is 37.9 Å². The van der Waals surface area contributed by atoms with Crippen LogP contribution in [0.25, 0.3) is 5.57 Å². The van der Waals surface area contributed by atoms with E-state index >= 15 is 0 Å². The Bertz CT molecular complexity index is 746. The average molecular weight is 367 g/mol. The number of nitrogens with zero attached hydrogens (tertiary/aromatic N) is 1. The van der Waals surface area contributed by atoms with E-state index in [9.17, 15) is 4.79 Å². The van der Waals surface area contributed by atoms with Gasteiger partial charge in [-0.2, -0.15) is 11.3 Å². The van der Waals surface area contributed by atoms with Crippen molar-refractivity contribution in [3.63, 3.8) is 0 Å². The van der Waals surface area contributed by atoms with Crippen LogP contribution < -0.4 is 5.32 Å². The van der Waals surface area contributed by atoms with Gasteiger partial charge in [-0.1, -0.05) is 36.4 Å². The number of amides is 1. The minimum atomic E-state index is 0.0862. The van der Waals surface area contributed by atoms with Crippen LogP contribution in [0.3, 0.4) is 0 Å². The Hall–Kier alpha value is -1.91. The summed E-state index contributed by atoms with van der Waals surface area (Å²) in [7, 11) is 0. The van der Waals surface area contributed by atoms with Gasteiger partial charge < -0.3 is 5.32 Å². The van der Waals surface area contributed by atoms with Crippen LogP contribution in [0.1, 0.15) is 48.0 Å². The van der Waals surface area contributed by atoms with Crippen LogP contribution in [0.4, 0.5) is 0 Å². The Kier molecular flexibility index (Phi) is 5.51. The van der Waals surface area contributed by atoms with E-state index in [1.807, 2.05) is 16.8 Å². The zero-order valence-corrected chi connectivity index (χ0v) is 15.9. The smallest absolute Gasteiger partial charge is 0.252 e. The first-order chi connectivity index (χ1) is 12.8. The molecule has 1 fully saturated rings. The van der Waals surface area contributed by atoms with Crippen LogP contribution in [0.5, 0.6) is 0 Å². The third-order valence-electron chi connectivity index (χ3n) is 5.72. The monoisotopic (exact) mass is 366 g/mol. The number of hydrogen-bond donors (Lipinski definition) is 1. The second-order valence-electron chi connectivity index (χ2n) is 7.33. The molecular weight excluding hydrogens is 340 g/mol. The van der Waals surface area contributed by atoms with E-state index in [0.29, 0.717) is 12.1 Å². The van der Waals surface area contributed by atoms with Gasteiger partial charge >= 0.3 is 0 Å². The number of rotatable bonds is 4. The van der Waals surface area contributed by atoms with Gasteiger partial charge in [0.15, 0.2) is 0 Å². The normalized spacial score (nSPS) is 24.1. The van der Waals surface area contributed by atoms with Gasteiger partial charge in [0.2, 0.25) is 0 Å². The lowest BCUT2D eigenvalue weighted by molar-refractivity contribution is 0.0907. The summed E-state index contributed by atoms with van der Waals surface area (Å²) in [5.41, 5.74) is 3.65. The summed E-state index contributed by atoms with van der Waals surface area (Å²) in [6.45, 7) is 2.21. The van der Waals surface area contributed by atoms with E-state index in [1.165, 1.54) is 24.0 Å². The van der Waals surface area contributed by atoms with Crippen molar-refractivity contribution in [2.45, 2.75) is 44.2 Å². The standard InChI is InChI=1S/C22H26N2OS/c25-22(19-12-15-26-16-19)23-20-6-8-21(9-7-20)24-13-10-18(11-14-24)17-4-2-1-3-5-17/h1-5,10,12,15-16,20-21H,6-9,11,13-14H2,(H,23,25). The summed E-state index contributed by atoms with van der Waals surface area (Å²) >= 11 is 1.57. The van der Waals surface area contributed by atoms with Gasteiger partial charge in [-0.25, -0.2) is 0 Å². The SMILES string of the molecule is O=C(NC1CCC(N2CC=C(c3ccccc3)CC2)CC1)c1ccsc1. The fraction of sp³-hybridized carbons (Fsp3) is 0.409. The molecule has 4 rings (SSSR count). The number of benzene rings is 1. The van der Waals surface area contributed by atoms with Gasteiger partial charge in [0.25, 0.3) is 5.91 Å². The number of thiophene rings is 1. The van der Waals surface area contributed by atoms with Gasteiger partial charge in [-0.15, -0.1) is 0 Å². The Labute approximate surface area is 159 Å². The molecule has 26 heavy (non-hydrogen) atoms. The van der Waals surface area contributed by atoms with Crippen molar-refractivity contribution in [1.29, 1.82) is 0 Å². The van der Waals surface area contributed by atoms with Crippen molar-refractivity contribution < 1.29 is 4.79 Å². The molecule has 136 valence electrons. The molecule has 0 radical (unpaired) electrons. The molecule has 3 nitrogen and oxygen atoms in total. The molecule has 2 aromatic rings. The second kappa shape index (κ2) is 8.19. The maximum Gasteiger partial charge on any atom is 0.252 e. The molecule has 4 heteroatoms. The molecule has 1 N–H and O–H groups in total. The Morgan fingerprint density at radius 1 is 1.08 bits per heavy atom. The molecular formula is C22H26N2OS. The second-order valence-corrected chi connectivity index (χ2v) is 8.11. The molecule has 1 saturated carbocycles. The van der Waals surface area contributed by atoms with Gasteiger partial charge in [0, 0.05) is 36.1 Å². The van der Waals surface area contributed by atoms with E-state index in [4.69, 9.17) is 0 Å². The molecule has 2 heterocycles. The van der Waals surface area contributed by atoms with Crippen molar-refractivity contribution >= 4 is 22.8 Å². The number of hydrogen-bond acceptors (Lipinski definition) is 3. The van der Waals surface area contributed by atoms with E-state index in [2.05, 4.69) is 46.6 Å². The summed E-state index contributed by atoms with van der Waals surface area (Å²) in [5, 5.41) is 7.09. The van der Waals surface area contributed by atoms with E-state index < -0.39 is 0 Å². The van der Waals surface area contributed by atoms with Crippen molar-refractivity contribution in [3.8, 4) is 0 Å². The van der Waals surface area contributed by atoms with Gasteiger partial charge in [0.1, 0.15) is 0 Å². The predicted octanol–water partition coefficient (Wildman–Crippen LogP) is 4.58. The molecule has 0 spiro atoms. The predicted molar refractivity (Wildman–Crippen MR) is 108 cm³/mol. The first kappa shape index (κ1) is 17.5. The first-order valence-electron chi connectivity index (χ1n) is 9.61. The molecule has 0 unspecified atom stereocenters. The maximum absolute atomic E-state index is 12.2. The largest absolute Gasteiger partial charge is 0.349 e. The van der Waals surface area contributed by atoms with Crippen molar-refractivity contribution in [2.75, 3.05) is 13.1 Å². The molecule has 1 aliphatic heterocycles. The molecule has 1 aromatic heterocycles. The molecule has 1 amide bonds.